The number of nitrogens with one attached hydrogen (secondary N) is 1. The molecule has 1 rings (SSSR count). The summed E-state index contributed by atoms with van der Waals surface area (Å²) in [5.41, 5.74) is 1.09. The molecule has 1 heterocycles. The molecule has 0 bridgehead atoms. The molecule has 0 aromatic carbocycles. The van der Waals surface area contributed by atoms with Gasteiger partial charge in [0.25, 0.3) is 0 Å². The van der Waals surface area contributed by atoms with Gasteiger partial charge in [0.15, 0.2) is 0 Å². The Kier molecular flexibility index (Phi) is 4.20. The second kappa shape index (κ2) is 5.23. The van der Waals surface area contributed by atoms with Gasteiger partial charge < -0.3 is 15.5 Å². The topological polar surface area (TPSA) is 78.3 Å². The maximum absolute atomic E-state index is 9.14. The second-order valence-electron chi connectivity index (χ2n) is 4.76. The molecule has 3 N–H and O–H groups in total. The largest absolute Gasteiger partial charge is 0.394 e. The van der Waals surface area contributed by atoms with Crippen molar-refractivity contribution in [1.82, 2.24) is 9.97 Å². The summed E-state index contributed by atoms with van der Waals surface area (Å²) in [5.74, 6) is 0.459. The monoisotopic (exact) mass is 225 g/mol. The SMILES string of the molecule is CC(C)(C)c1cnc(NCC(O)CO)nc1. The smallest absolute Gasteiger partial charge is 0.222 e. The van der Waals surface area contributed by atoms with E-state index in [2.05, 4.69) is 36.1 Å². The van der Waals surface area contributed by atoms with Crippen molar-refractivity contribution in [1.29, 1.82) is 0 Å². The predicted octanol–water partition coefficient (Wildman–Crippen LogP) is 0.539. The molecule has 16 heavy (non-hydrogen) atoms. The fraction of sp³-hybridized carbons (Fsp3) is 0.636. The molecule has 0 amide bonds. The van der Waals surface area contributed by atoms with E-state index in [1.54, 1.807) is 12.4 Å². The van der Waals surface area contributed by atoms with Crippen molar-refractivity contribution in [3.8, 4) is 0 Å². The molecule has 1 aromatic rings. The van der Waals surface area contributed by atoms with Crippen molar-refractivity contribution < 1.29 is 10.2 Å². The van der Waals surface area contributed by atoms with E-state index in [0.29, 0.717) is 5.95 Å². The number of hydrogen-bond acceptors (Lipinski definition) is 5. The maximum atomic E-state index is 9.14. The van der Waals surface area contributed by atoms with Crippen LogP contribution in [0.1, 0.15) is 26.3 Å². The summed E-state index contributed by atoms with van der Waals surface area (Å²) in [6.45, 7) is 6.25. The number of aliphatic hydroxyl groups excluding tert-OH is 2. The first kappa shape index (κ1) is 12.9. The zero-order valence-electron chi connectivity index (χ0n) is 9.94. The summed E-state index contributed by atoms with van der Waals surface area (Å²) in [4.78, 5) is 8.27. The number of aliphatic hydroxyl groups is 2. The van der Waals surface area contributed by atoms with E-state index < -0.39 is 6.10 Å². The van der Waals surface area contributed by atoms with Gasteiger partial charge in [0.2, 0.25) is 5.95 Å². The zero-order valence-corrected chi connectivity index (χ0v) is 9.94. The van der Waals surface area contributed by atoms with Crippen molar-refractivity contribution in [3.05, 3.63) is 18.0 Å². The third-order valence-corrected chi connectivity index (χ3v) is 2.22. The quantitative estimate of drug-likeness (QED) is 0.697. The molecular formula is C11H19N3O2. The first-order valence-corrected chi connectivity index (χ1v) is 5.29. The molecule has 90 valence electrons. The van der Waals surface area contributed by atoms with Gasteiger partial charge in [-0.15, -0.1) is 0 Å². The van der Waals surface area contributed by atoms with Gasteiger partial charge in [-0.05, 0) is 11.0 Å². The van der Waals surface area contributed by atoms with E-state index in [4.69, 9.17) is 10.2 Å². The molecule has 1 atom stereocenters. The lowest BCUT2D eigenvalue weighted by Gasteiger charge is -2.18. The van der Waals surface area contributed by atoms with E-state index in [1.807, 2.05) is 0 Å². The maximum Gasteiger partial charge on any atom is 0.222 e. The highest BCUT2D eigenvalue weighted by atomic mass is 16.3. The van der Waals surface area contributed by atoms with Crippen LogP contribution in [0.25, 0.3) is 0 Å². The zero-order chi connectivity index (χ0) is 12.2. The summed E-state index contributed by atoms with van der Waals surface area (Å²) in [5, 5.41) is 20.6. The van der Waals surface area contributed by atoms with Crippen molar-refractivity contribution >= 4 is 5.95 Å². The molecule has 0 fully saturated rings. The Hall–Kier alpha value is -1.20. The van der Waals surface area contributed by atoms with Gasteiger partial charge in [0.05, 0.1) is 12.7 Å². The Bertz CT molecular complexity index is 319. The van der Waals surface area contributed by atoms with Crippen LogP contribution in [0, 0.1) is 0 Å². The lowest BCUT2D eigenvalue weighted by Crippen LogP contribution is -2.24. The minimum Gasteiger partial charge on any atom is -0.394 e. The predicted molar refractivity (Wildman–Crippen MR) is 62.3 cm³/mol. The van der Waals surface area contributed by atoms with Crippen LogP contribution in [0.2, 0.25) is 0 Å². The third-order valence-electron chi connectivity index (χ3n) is 2.22. The standard InChI is InChI=1S/C11H19N3O2/c1-11(2,3)8-4-12-10(13-5-8)14-6-9(16)7-15/h4-5,9,15-16H,6-7H2,1-3H3,(H,12,13,14). The van der Waals surface area contributed by atoms with Gasteiger partial charge in [-0.1, -0.05) is 20.8 Å². The van der Waals surface area contributed by atoms with Gasteiger partial charge in [-0.25, -0.2) is 9.97 Å². The van der Waals surface area contributed by atoms with Crippen LogP contribution in [-0.4, -0.2) is 39.4 Å². The summed E-state index contributed by atoms with van der Waals surface area (Å²) in [6, 6.07) is 0. The van der Waals surface area contributed by atoms with Crippen LogP contribution in [0.4, 0.5) is 5.95 Å². The summed E-state index contributed by atoms with van der Waals surface area (Å²) < 4.78 is 0. The highest BCUT2D eigenvalue weighted by Crippen LogP contribution is 2.20. The van der Waals surface area contributed by atoms with E-state index in [9.17, 15) is 0 Å². The summed E-state index contributed by atoms with van der Waals surface area (Å²) in [6.07, 6.45) is 2.74. The van der Waals surface area contributed by atoms with Crippen molar-refractivity contribution in [2.24, 2.45) is 0 Å². The summed E-state index contributed by atoms with van der Waals surface area (Å²) in [7, 11) is 0. The van der Waals surface area contributed by atoms with E-state index >= 15 is 0 Å². The van der Waals surface area contributed by atoms with Crippen LogP contribution < -0.4 is 5.32 Å². The second-order valence-corrected chi connectivity index (χ2v) is 4.76. The fourth-order valence-electron chi connectivity index (χ4n) is 1.08. The van der Waals surface area contributed by atoms with Crippen molar-refractivity contribution in [2.75, 3.05) is 18.5 Å². The Morgan fingerprint density at radius 2 is 1.88 bits per heavy atom. The Morgan fingerprint density at radius 1 is 1.31 bits per heavy atom. The molecular weight excluding hydrogens is 206 g/mol. The van der Waals surface area contributed by atoms with E-state index in [1.165, 1.54) is 0 Å². The Morgan fingerprint density at radius 3 is 2.31 bits per heavy atom. The van der Waals surface area contributed by atoms with Crippen LogP contribution in [0.3, 0.4) is 0 Å². The lowest BCUT2D eigenvalue weighted by atomic mass is 9.89. The molecule has 0 radical (unpaired) electrons. The van der Waals surface area contributed by atoms with Crippen molar-refractivity contribution in [3.63, 3.8) is 0 Å². The number of rotatable bonds is 4. The number of aromatic nitrogens is 2. The molecule has 0 aliphatic rings. The molecule has 5 nitrogen and oxygen atoms in total. The van der Waals surface area contributed by atoms with E-state index in [-0.39, 0.29) is 18.6 Å². The minimum absolute atomic E-state index is 0.0309. The third kappa shape index (κ3) is 3.75. The Labute approximate surface area is 95.6 Å². The fourth-order valence-corrected chi connectivity index (χ4v) is 1.08. The molecule has 0 spiro atoms. The van der Waals surface area contributed by atoms with Crippen molar-refractivity contribution in [2.45, 2.75) is 32.3 Å². The highest BCUT2D eigenvalue weighted by molar-refractivity contribution is 5.27. The molecule has 0 saturated heterocycles. The van der Waals surface area contributed by atoms with Crippen LogP contribution >= 0.6 is 0 Å². The van der Waals surface area contributed by atoms with Crippen LogP contribution in [0.15, 0.2) is 12.4 Å². The normalized spacial score (nSPS) is 13.6. The lowest BCUT2D eigenvalue weighted by molar-refractivity contribution is 0.105. The number of hydrogen-bond donors (Lipinski definition) is 3. The molecule has 0 saturated carbocycles. The average molecular weight is 225 g/mol. The Balaban J connectivity index is 2.58. The van der Waals surface area contributed by atoms with Crippen LogP contribution in [-0.2, 0) is 5.41 Å². The molecule has 0 aliphatic carbocycles. The summed E-state index contributed by atoms with van der Waals surface area (Å²) >= 11 is 0. The van der Waals surface area contributed by atoms with Gasteiger partial charge >= 0.3 is 0 Å². The first-order chi connectivity index (χ1) is 7.43. The first-order valence-electron chi connectivity index (χ1n) is 5.29. The van der Waals surface area contributed by atoms with Gasteiger partial charge in [0, 0.05) is 18.9 Å². The van der Waals surface area contributed by atoms with Gasteiger partial charge in [-0.2, -0.15) is 0 Å². The van der Waals surface area contributed by atoms with Gasteiger partial charge in [0.1, 0.15) is 0 Å². The highest BCUT2D eigenvalue weighted by Gasteiger charge is 2.14. The number of nitrogens with zero attached hydrogens (tertiary/aromatic N) is 2. The molecule has 5 heteroatoms. The van der Waals surface area contributed by atoms with Gasteiger partial charge in [-0.3, -0.25) is 0 Å². The average Bonchev–Trinajstić information content (AvgIpc) is 2.25. The molecule has 1 aromatic heterocycles. The molecule has 0 aliphatic heterocycles. The van der Waals surface area contributed by atoms with E-state index in [0.717, 1.165) is 5.56 Å². The minimum atomic E-state index is -0.786. The molecule has 1 unspecified atom stereocenters. The number of anilines is 1. The van der Waals surface area contributed by atoms with Crippen LogP contribution in [0.5, 0.6) is 0 Å².